The number of pyridine rings is 1. The van der Waals surface area contributed by atoms with Crippen molar-refractivity contribution in [2.75, 3.05) is 18.0 Å². The number of alkyl halides is 1. The summed E-state index contributed by atoms with van der Waals surface area (Å²) in [5.74, 6) is -0.130. The van der Waals surface area contributed by atoms with Gasteiger partial charge in [0.25, 0.3) is 0 Å². The van der Waals surface area contributed by atoms with E-state index in [1.807, 2.05) is 23.1 Å². The highest BCUT2D eigenvalue weighted by Crippen LogP contribution is 2.21. The van der Waals surface area contributed by atoms with Crippen LogP contribution in [0.4, 0.5) is 5.82 Å². The highest BCUT2D eigenvalue weighted by Gasteiger charge is 2.25. The van der Waals surface area contributed by atoms with Crippen molar-refractivity contribution in [3.63, 3.8) is 0 Å². The Kier molecular flexibility index (Phi) is 3.10. The SMILES string of the molecule is O=C(O)C1=CCN(c2ccccn2)CC1Cl. The molecule has 1 unspecified atom stereocenters. The van der Waals surface area contributed by atoms with Gasteiger partial charge in [0.1, 0.15) is 5.82 Å². The first-order chi connectivity index (χ1) is 7.68. The number of hydrogen-bond donors (Lipinski definition) is 1. The van der Waals surface area contributed by atoms with E-state index in [2.05, 4.69) is 4.98 Å². The zero-order chi connectivity index (χ0) is 11.5. The molecule has 84 valence electrons. The Balaban J connectivity index is 2.17. The first-order valence-corrected chi connectivity index (χ1v) is 5.35. The molecular weight excluding hydrogens is 228 g/mol. The van der Waals surface area contributed by atoms with Crippen molar-refractivity contribution in [2.24, 2.45) is 0 Å². The van der Waals surface area contributed by atoms with Crippen molar-refractivity contribution in [3.8, 4) is 0 Å². The molecule has 5 heteroatoms. The van der Waals surface area contributed by atoms with Crippen LogP contribution in [0.15, 0.2) is 36.0 Å². The summed E-state index contributed by atoms with van der Waals surface area (Å²) >= 11 is 6.00. The lowest BCUT2D eigenvalue weighted by Crippen LogP contribution is -2.37. The third-order valence-electron chi connectivity index (χ3n) is 2.47. The van der Waals surface area contributed by atoms with Crippen LogP contribution in [-0.4, -0.2) is 34.5 Å². The number of aromatic nitrogens is 1. The Hall–Kier alpha value is -1.55. The molecule has 1 N–H and O–H groups in total. The van der Waals surface area contributed by atoms with E-state index in [1.165, 1.54) is 0 Å². The largest absolute Gasteiger partial charge is 0.478 e. The molecule has 4 nitrogen and oxygen atoms in total. The molecule has 1 aliphatic rings. The number of carboxylic acid groups (broad SMARTS) is 1. The van der Waals surface area contributed by atoms with E-state index in [0.29, 0.717) is 13.1 Å². The number of nitrogens with zero attached hydrogens (tertiary/aromatic N) is 2. The molecule has 0 spiro atoms. The van der Waals surface area contributed by atoms with Crippen LogP contribution < -0.4 is 4.90 Å². The Labute approximate surface area is 98.2 Å². The van der Waals surface area contributed by atoms with Crippen LogP contribution >= 0.6 is 11.6 Å². The Morgan fingerprint density at radius 1 is 1.56 bits per heavy atom. The topological polar surface area (TPSA) is 53.4 Å². The number of anilines is 1. The van der Waals surface area contributed by atoms with Crippen molar-refractivity contribution in [1.82, 2.24) is 4.98 Å². The average Bonchev–Trinajstić information content (AvgIpc) is 2.29. The van der Waals surface area contributed by atoms with Gasteiger partial charge in [-0.25, -0.2) is 9.78 Å². The van der Waals surface area contributed by atoms with Gasteiger partial charge in [0, 0.05) is 19.3 Å². The Morgan fingerprint density at radius 3 is 2.94 bits per heavy atom. The molecule has 0 amide bonds. The van der Waals surface area contributed by atoms with E-state index in [1.54, 1.807) is 12.3 Å². The van der Waals surface area contributed by atoms with Gasteiger partial charge in [-0.15, -0.1) is 11.6 Å². The van der Waals surface area contributed by atoms with E-state index in [9.17, 15) is 4.79 Å². The van der Waals surface area contributed by atoms with Gasteiger partial charge in [-0.2, -0.15) is 0 Å². The summed E-state index contributed by atoms with van der Waals surface area (Å²) in [4.78, 5) is 17.0. The molecule has 1 atom stereocenters. The molecule has 0 fully saturated rings. The lowest BCUT2D eigenvalue weighted by Gasteiger charge is -2.29. The number of carbonyl (C=O) groups is 1. The van der Waals surface area contributed by atoms with E-state index >= 15 is 0 Å². The minimum Gasteiger partial charge on any atom is -0.478 e. The first kappa shape index (κ1) is 11.0. The molecule has 0 radical (unpaired) electrons. The van der Waals surface area contributed by atoms with Crippen molar-refractivity contribution >= 4 is 23.4 Å². The summed E-state index contributed by atoms with van der Waals surface area (Å²) in [6.07, 6.45) is 3.34. The summed E-state index contributed by atoms with van der Waals surface area (Å²) in [7, 11) is 0. The summed E-state index contributed by atoms with van der Waals surface area (Å²) in [5.41, 5.74) is 0.272. The van der Waals surface area contributed by atoms with Gasteiger partial charge in [-0.3, -0.25) is 0 Å². The van der Waals surface area contributed by atoms with Crippen LogP contribution in [0.5, 0.6) is 0 Å². The van der Waals surface area contributed by atoms with Gasteiger partial charge < -0.3 is 10.0 Å². The fourth-order valence-electron chi connectivity index (χ4n) is 1.65. The van der Waals surface area contributed by atoms with Crippen molar-refractivity contribution < 1.29 is 9.90 Å². The molecule has 1 aliphatic heterocycles. The van der Waals surface area contributed by atoms with Crippen molar-refractivity contribution in [2.45, 2.75) is 5.38 Å². The molecule has 2 rings (SSSR count). The fraction of sp³-hybridized carbons (Fsp3) is 0.273. The number of halogens is 1. The van der Waals surface area contributed by atoms with E-state index < -0.39 is 11.3 Å². The van der Waals surface area contributed by atoms with Crippen molar-refractivity contribution in [3.05, 3.63) is 36.0 Å². The van der Waals surface area contributed by atoms with Crippen LogP contribution in [0.2, 0.25) is 0 Å². The third kappa shape index (κ3) is 2.17. The highest BCUT2D eigenvalue weighted by atomic mass is 35.5. The predicted octanol–water partition coefficient (Wildman–Crippen LogP) is 1.52. The van der Waals surface area contributed by atoms with Crippen LogP contribution in [0.25, 0.3) is 0 Å². The standard InChI is InChI=1S/C11H11ClN2O2/c12-9-7-14(6-4-8(9)11(15)16)10-3-1-2-5-13-10/h1-5,9H,6-7H2,(H,15,16). The maximum absolute atomic E-state index is 10.8. The molecule has 0 bridgehead atoms. The molecular formula is C11H11ClN2O2. The van der Waals surface area contributed by atoms with Crippen LogP contribution in [0.3, 0.4) is 0 Å². The minimum atomic E-state index is -0.944. The minimum absolute atomic E-state index is 0.272. The number of aliphatic carboxylic acids is 1. The molecule has 0 aromatic carbocycles. The van der Waals surface area contributed by atoms with E-state index in [4.69, 9.17) is 16.7 Å². The quantitative estimate of drug-likeness (QED) is 0.794. The summed E-state index contributed by atoms with van der Waals surface area (Å²) < 4.78 is 0. The fourth-order valence-corrected chi connectivity index (χ4v) is 2.00. The van der Waals surface area contributed by atoms with Gasteiger partial charge in [0.2, 0.25) is 0 Å². The normalized spacial score (nSPS) is 20.4. The van der Waals surface area contributed by atoms with Crippen LogP contribution in [-0.2, 0) is 4.79 Å². The Morgan fingerprint density at radius 2 is 2.38 bits per heavy atom. The highest BCUT2D eigenvalue weighted by molar-refractivity contribution is 6.25. The third-order valence-corrected chi connectivity index (χ3v) is 2.84. The van der Waals surface area contributed by atoms with Crippen molar-refractivity contribution in [1.29, 1.82) is 0 Å². The number of hydrogen-bond acceptors (Lipinski definition) is 3. The first-order valence-electron chi connectivity index (χ1n) is 4.92. The van der Waals surface area contributed by atoms with E-state index in [0.717, 1.165) is 5.82 Å². The van der Waals surface area contributed by atoms with Crippen LogP contribution in [0.1, 0.15) is 0 Å². The smallest absolute Gasteiger partial charge is 0.332 e. The monoisotopic (exact) mass is 238 g/mol. The second-order valence-corrected chi connectivity index (χ2v) is 4.05. The number of carboxylic acids is 1. The molecule has 0 saturated heterocycles. The van der Waals surface area contributed by atoms with Gasteiger partial charge in [0.05, 0.1) is 11.0 Å². The number of rotatable bonds is 2. The molecule has 0 aliphatic carbocycles. The second-order valence-electron chi connectivity index (χ2n) is 3.53. The van der Waals surface area contributed by atoms with Gasteiger partial charge in [-0.1, -0.05) is 12.1 Å². The predicted molar refractivity (Wildman–Crippen MR) is 61.8 cm³/mol. The summed E-state index contributed by atoms with van der Waals surface area (Å²) in [6.45, 7) is 0.999. The molecule has 0 saturated carbocycles. The molecule has 16 heavy (non-hydrogen) atoms. The lowest BCUT2D eigenvalue weighted by molar-refractivity contribution is -0.132. The van der Waals surface area contributed by atoms with Gasteiger partial charge >= 0.3 is 5.97 Å². The maximum Gasteiger partial charge on any atom is 0.332 e. The van der Waals surface area contributed by atoms with Gasteiger partial charge in [0.15, 0.2) is 0 Å². The van der Waals surface area contributed by atoms with E-state index in [-0.39, 0.29) is 5.57 Å². The molecule has 1 aromatic rings. The molecule has 1 aromatic heterocycles. The summed E-state index contributed by atoms with van der Waals surface area (Å²) in [6, 6.07) is 5.61. The second kappa shape index (κ2) is 4.53. The Bertz CT molecular complexity index is 419. The zero-order valence-electron chi connectivity index (χ0n) is 8.51. The average molecular weight is 239 g/mol. The van der Waals surface area contributed by atoms with Crippen LogP contribution in [0, 0.1) is 0 Å². The zero-order valence-corrected chi connectivity index (χ0v) is 9.26. The lowest BCUT2D eigenvalue weighted by atomic mass is 10.1. The maximum atomic E-state index is 10.8. The van der Waals surface area contributed by atoms with Gasteiger partial charge in [-0.05, 0) is 12.1 Å². The molecule has 2 heterocycles. The summed E-state index contributed by atoms with van der Waals surface area (Å²) in [5, 5.41) is 8.39.